The Morgan fingerprint density at radius 2 is 2.04 bits per heavy atom. The number of rotatable bonds is 6. The molecule has 9 heteroatoms. The predicted octanol–water partition coefficient (Wildman–Crippen LogP) is 3.54. The molecule has 9 nitrogen and oxygen atoms in total. The SMILES string of the molecule is CCOC(=O)c1ccccc1Nc1ncnc(N2CCC(C)CC2)c1[N+](=O)[O-]. The molecule has 0 aliphatic carbocycles. The highest BCUT2D eigenvalue weighted by Gasteiger charge is 2.29. The number of nitrogens with zero attached hydrogens (tertiary/aromatic N) is 4. The number of ether oxygens (including phenoxy) is 1. The molecule has 1 aromatic heterocycles. The first-order valence-electron chi connectivity index (χ1n) is 9.28. The Balaban J connectivity index is 1.96. The van der Waals surface area contributed by atoms with Gasteiger partial charge in [-0.2, -0.15) is 0 Å². The van der Waals surface area contributed by atoms with Crippen molar-refractivity contribution in [2.24, 2.45) is 5.92 Å². The highest BCUT2D eigenvalue weighted by molar-refractivity contribution is 5.96. The van der Waals surface area contributed by atoms with Gasteiger partial charge in [-0.15, -0.1) is 0 Å². The second-order valence-corrected chi connectivity index (χ2v) is 6.71. The highest BCUT2D eigenvalue weighted by atomic mass is 16.6. The number of para-hydroxylation sites is 1. The monoisotopic (exact) mass is 385 g/mol. The van der Waals surface area contributed by atoms with Crippen LogP contribution in [0.5, 0.6) is 0 Å². The van der Waals surface area contributed by atoms with Gasteiger partial charge >= 0.3 is 11.7 Å². The van der Waals surface area contributed by atoms with Crippen LogP contribution < -0.4 is 10.2 Å². The summed E-state index contributed by atoms with van der Waals surface area (Å²) in [6.45, 7) is 5.54. The average molecular weight is 385 g/mol. The molecule has 3 rings (SSSR count). The van der Waals surface area contributed by atoms with Gasteiger partial charge in [0.25, 0.3) is 0 Å². The molecule has 1 N–H and O–H groups in total. The number of hydrogen-bond donors (Lipinski definition) is 1. The van der Waals surface area contributed by atoms with Crippen LogP contribution >= 0.6 is 0 Å². The van der Waals surface area contributed by atoms with Gasteiger partial charge in [-0.1, -0.05) is 19.1 Å². The van der Waals surface area contributed by atoms with Crippen molar-refractivity contribution in [1.29, 1.82) is 0 Å². The number of anilines is 3. The number of carbonyl (C=O) groups excluding carboxylic acids is 1. The number of esters is 1. The van der Waals surface area contributed by atoms with Crippen molar-refractivity contribution in [2.75, 3.05) is 29.9 Å². The van der Waals surface area contributed by atoms with E-state index in [4.69, 9.17) is 4.74 Å². The van der Waals surface area contributed by atoms with Gasteiger partial charge < -0.3 is 15.0 Å². The molecular formula is C19H23N5O4. The molecular weight excluding hydrogens is 362 g/mol. The van der Waals surface area contributed by atoms with Crippen LogP contribution in [0.25, 0.3) is 0 Å². The molecule has 0 bridgehead atoms. The van der Waals surface area contributed by atoms with E-state index in [1.807, 2.05) is 4.90 Å². The molecule has 0 atom stereocenters. The first kappa shape index (κ1) is 19.5. The number of hydrogen-bond acceptors (Lipinski definition) is 8. The van der Waals surface area contributed by atoms with Crippen molar-refractivity contribution >= 4 is 29.0 Å². The summed E-state index contributed by atoms with van der Waals surface area (Å²) in [5, 5.41) is 14.8. The van der Waals surface area contributed by atoms with Crippen molar-refractivity contribution in [2.45, 2.75) is 26.7 Å². The second-order valence-electron chi connectivity index (χ2n) is 6.71. The van der Waals surface area contributed by atoms with Crippen molar-refractivity contribution in [3.8, 4) is 0 Å². The molecule has 0 spiro atoms. The Labute approximate surface area is 162 Å². The summed E-state index contributed by atoms with van der Waals surface area (Å²) >= 11 is 0. The Morgan fingerprint density at radius 1 is 1.32 bits per heavy atom. The van der Waals surface area contributed by atoms with Gasteiger partial charge in [0.1, 0.15) is 6.33 Å². The molecule has 1 aliphatic rings. The maximum absolute atomic E-state index is 12.2. The van der Waals surface area contributed by atoms with Gasteiger partial charge in [0.15, 0.2) is 0 Å². The number of benzene rings is 1. The molecule has 0 radical (unpaired) electrons. The van der Waals surface area contributed by atoms with Gasteiger partial charge in [0.2, 0.25) is 11.6 Å². The van der Waals surface area contributed by atoms with E-state index >= 15 is 0 Å². The molecule has 2 heterocycles. The van der Waals surface area contributed by atoms with Crippen LogP contribution in [0.3, 0.4) is 0 Å². The standard InChI is InChI=1S/C19H23N5O4/c1-3-28-19(25)14-6-4-5-7-15(14)22-17-16(24(26)27)18(21-12-20-17)23-10-8-13(2)9-11-23/h4-7,12-13H,3,8-11H2,1-2H3,(H,20,21,22). The fourth-order valence-electron chi connectivity index (χ4n) is 3.19. The molecule has 0 amide bonds. The van der Waals surface area contributed by atoms with Crippen LogP contribution in [0.2, 0.25) is 0 Å². The van der Waals surface area contributed by atoms with Crippen molar-refractivity contribution in [3.63, 3.8) is 0 Å². The minimum absolute atomic E-state index is 0.0466. The van der Waals surface area contributed by atoms with E-state index in [1.165, 1.54) is 6.33 Å². The van der Waals surface area contributed by atoms with E-state index in [0.717, 1.165) is 12.8 Å². The zero-order valence-electron chi connectivity index (χ0n) is 15.9. The summed E-state index contributed by atoms with van der Waals surface area (Å²) in [6, 6.07) is 6.68. The minimum Gasteiger partial charge on any atom is -0.462 e. The van der Waals surface area contributed by atoms with E-state index in [1.54, 1.807) is 31.2 Å². The predicted molar refractivity (Wildman–Crippen MR) is 105 cm³/mol. The molecule has 0 saturated carbocycles. The number of nitrogens with one attached hydrogen (secondary N) is 1. The number of piperidine rings is 1. The summed E-state index contributed by atoms with van der Waals surface area (Å²) in [5.41, 5.74) is 0.474. The van der Waals surface area contributed by atoms with Gasteiger partial charge in [-0.05, 0) is 37.8 Å². The molecule has 1 fully saturated rings. The second kappa shape index (κ2) is 8.64. The lowest BCUT2D eigenvalue weighted by Crippen LogP contribution is -2.34. The normalized spacial score (nSPS) is 14.6. The van der Waals surface area contributed by atoms with E-state index in [9.17, 15) is 14.9 Å². The summed E-state index contributed by atoms with van der Waals surface area (Å²) < 4.78 is 5.06. The summed E-state index contributed by atoms with van der Waals surface area (Å²) in [7, 11) is 0. The third kappa shape index (κ3) is 4.19. The Morgan fingerprint density at radius 3 is 2.71 bits per heavy atom. The van der Waals surface area contributed by atoms with Crippen molar-refractivity contribution in [3.05, 3.63) is 46.3 Å². The highest BCUT2D eigenvalue weighted by Crippen LogP contribution is 2.35. The fourth-order valence-corrected chi connectivity index (χ4v) is 3.19. The molecule has 28 heavy (non-hydrogen) atoms. The van der Waals surface area contributed by atoms with Crippen molar-refractivity contribution < 1.29 is 14.5 Å². The van der Waals surface area contributed by atoms with E-state index < -0.39 is 10.9 Å². The largest absolute Gasteiger partial charge is 0.462 e. The van der Waals surface area contributed by atoms with Crippen LogP contribution in [-0.4, -0.2) is 40.6 Å². The van der Waals surface area contributed by atoms with E-state index in [-0.39, 0.29) is 23.7 Å². The lowest BCUT2D eigenvalue weighted by molar-refractivity contribution is -0.383. The number of aromatic nitrogens is 2. The van der Waals surface area contributed by atoms with Gasteiger partial charge in [-0.3, -0.25) is 10.1 Å². The lowest BCUT2D eigenvalue weighted by Gasteiger charge is -2.30. The topological polar surface area (TPSA) is 110 Å². The summed E-state index contributed by atoms with van der Waals surface area (Å²) in [4.78, 5) is 33.7. The number of carbonyl (C=O) groups is 1. The maximum Gasteiger partial charge on any atom is 0.353 e. The average Bonchev–Trinajstić information content (AvgIpc) is 2.69. The smallest absolute Gasteiger partial charge is 0.353 e. The minimum atomic E-state index is -0.507. The first-order valence-corrected chi connectivity index (χ1v) is 9.28. The Hall–Kier alpha value is -3.23. The van der Waals surface area contributed by atoms with Crippen molar-refractivity contribution in [1.82, 2.24) is 9.97 Å². The number of nitro groups is 1. The maximum atomic E-state index is 12.2. The fraction of sp³-hybridized carbons (Fsp3) is 0.421. The zero-order chi connectivity index (χ0) is 20.1. The third-order valence-corrected chi connectivity index (χ3v) is 4.74. The molecule has 1 aromatic carbocycles. The Bertz CT molecular complexity index is 865. The zero-order valence-corrected chi connectivity index (χ0v) is 15.9. The lowest BCUT2D eigenvalue weighted by atomic mass is 9.99. The van der Waals surface area contributed by atoms with Gasteiger partial charge in [-0.25, -0.2) is 14.8 Å². The van der Waals surface area contributed by atoms with Gasteiger partial charge in [0, 0.05) is 13.1 Å². The summed E-state index contributed by atoms with van der Waals surface area (Å²) in [5.74, 6) is 0.423. The third-order valence-electron chi connectivity index (χ3n) is 4.74. The van der Waals surface area contributed by atoms with Gasteiger partial charge in [0.05, 0.1) is 22.8 Å². The quantitative estimate of drug-likeness (QED) is 0.457. The summed E-state index contributed by atoms with van der Waals surface area (Å²) in [6.07, 6.45) is 3.21. The van der Waals surface area contributed by atoms with E-state index in [2.05, 4.69) is 22.2 Å². The van der Waals surface area contributed by atoms with Crippen LogP contribution in [0, 0.1) is 16.0 Å². The molecule has 148 valence electrons. The van der Waals surface area contributed by atoms with Crippen LogP contribution in [0.4, 0.5) is 23.0 Å². The molecule has 1 aliphatic heterocycles. The molecule has 2 aromatic rings. The van der Waals surface area contributed by atoms with Crippen LogP contribution in [-0.2, 0) is 4.74 Å². The Kier molecular flexibility index (Phi) is 6.03. The van der Waals surface area contributed by atoms with Crippen LogP contribution in [0.1, 0.15) is 37.0 Å². The van der Waals surface area contributed by atoms with Crippen LogP contribution in [0.15, 0.2) is 30.6 Å². The molecule has 1 saturated heterocycles. The van der Waals surface area contributed by atoms with E-state index in [0.29, 0.717) is 30.5 Å². The molecule has 0 unspecified atom stereocenters. The first-order chi connectivity index (χ1) is 13.5.